The van der Waals surface area contributed by atoms with Gasteiger partial charge < -0.3 is 5.32 Å². The highest BCUT2D eigenvalue weighted by molar-refractivity contribution is 5.03. The summed E-state index contributed by atoms with van der Waals surface area (Å²) in [6.45, 7) is 3.88. The molecule has 13 heavy (non-hydrogen) atoms. The van der Waals surface area contributed by atoms with E-state index in [1.807, 2.05) is 13.8 Å². The smallest absolute Gasteiger partial charge is 0.256 e. The number of halogens is 2. The lowest BCUT2D eigenvalue weighted by Crippen LogP contribution is -2.61. The molecule has 1 aliphatic rings. The van der Waals surface area contributed by atoms with Crippen LogP contribution in [0.1, 0.15) is 39.5 Å². The number of alkyl halides is 2. The van der Waals surface area contributed by atoms with Crippen molar-refractivity contribution in [2.45, 2.75) is 51.5 Å². The standard InChI is InChI=1S/C10H19F2N/c1-9(2)6-4-5-7-10(9,13-3)8(11)12/h8,13H,4-7H2,1-3H3. The van der Waals surface area contributed by atoms with Crippen molar-refractivity contribution in [1.29, 1.82) is 0 Å². The Hall–Kier alpha value is -0.180. The molecule has 0 aromatic carbocycles. The molecule has 0 saturated heterocycles. The van der Waals surface area contributed by atoms with Crippen molar-refractivity contribution in [1.82, 2.24) is 5.32 Å². The summed E-state index contributed by atoms with van der Waals surface area (Å²) in [5.41, 5.74) is -1.26. The predicted octanol–water partition coefficient (Wildman–Crippen LogP) is 2.81. The molecule has 0 aromatic heterocycles. The Bertz CT molecular complexity index is 180. The van der Waals surface area contributed by atoms with Crippen molar-refractivity contribution >= 4 is 0 Å². The summed E-state index contributed by atoms with van der Waals surface area (Å²) >= 11 is 0. The maximum atomic E-state index is 13.0. The van der Waals surface area contributed by atoms with Crippen LogP contribution in [-0.4, -0.2) is 19.0 Å². The van der Waals surface area contributed by atoms with Gasteiger partial charge in [-0.15, -0.1) is 0 Å². The minimum atomic E-state index is -2.27. The normalized spacial score (nSPS) is 33.7. The summed E-state index contributed by atoms with van der Waals surface area (Å²) in [7, 11) is 1.65. The molecule has 1 unspecified atom stereocenters. The Kier molecular flexibility index (Phi) is 2.95. The van der Waals surface area contributed by atoms with Crippen molar-refractivity contribution in [3.63, 3.8) is 0 Å². The van der Waals surface area contributed by atoms with Gasteiger partial charge in [-0.3, -0.25) is 0 Å². The Morgan fingerprint density at radius 1 is 1.15 bits per heavy atom. The summed E-state index contributed by atoms with van der Waals surface area (Å²) in [5, 5.41) is 2.86. The molecule has 1 atom stereocenters. The van der Waals surface area contributed by atoms with Crippen LogP contribution >= 0.6 is 0 Å². The largest absolute Gasteiger partial charge is 0.309 e. The zero-order chi connectivity index (χ0) is 10.1. The number of rotatable bonds is 2. The molecule has 3 heteroatoms. The molecule has 1 N–H and O–H groups in total. The van der Waals surface area contributed by atoms with E-state index >= 15 is 0 Å². The van der Waals surface area contributed by atoms with Crippen molar-refractivity contribution < 1.29 is 8.78 Å². The summed E-state index contributed by atoms with van der Waals surface area (Å²) in [6.07, 6.45) is 1.19. The van der Waals surface area contributed by atoms with Crippen LogP contribution < -0.4 is 5.32 Å². The average molecular weight is 191 g/mol. The van der Waals surface area contributed by atoms with Gasteiger partial charge >= 0.3 is 0 Å². The van der Waals surface area contributed by atoms with E-state index in [4.69, 9.17) is 0 Å². The molecule has 1 fully saturated rings. The SMILES string of the molecule is CNC1(C(F)F)CCCCC1(C)C. The average Bonchev–Trinajstić information content (AvgIpc) is 2.03. The topological polar surface area (TPSA) is 12.0 Å². The molecule has 0 aromatic rings. The van der Waals surface area contributed by atoms with Crippen LogP contribution in [0, 0.1) is 5.41 Å². The van der Waals surface area contributed by atoms with Gasteiger partial charge in [0.05, 0.1) is 5.54 Å². The van der Waals surface area contributed by atoms with E-state index in [0.29, 0.717) is 6.42 Å². The summed E-state index contributed by atoms with van der Waals surface area (Å²) in [4.78, 5) is 0. The fraction of sp³-hybridized carbons (Fsp3) is 1.00. The first kappa shape index (κ1) is 10.9. The van der Waals surface area contributed by atoms with Gasteiger partial charge in [0.2, 0.25) is 0 Å². The van der Waals surface area contributed by atoms with Gasteiger partial charge in [0.1, 0.15) is 0 Å². The van der Waals surface area contributed by atoms with Crippen molar-refractivity contribution in [2.24, 2.45) is 5.41 Å². The van der Waals surface area contributed by atoms with Crippen molar-refractivity contribution in [2.75, 3.05) is 7.05 Å². The van der Waals surface area contributed by atoms with Crippen molar-refractivity contribution in [3.05, 3.63) is 0 Å². The fourth-order valence-electron chi connectivity index (χ4n) is 2.51. The van der Waals surface area contributed by atoms with Crippen LogP contribution in [0.25, 0.3) is 0 Å². The second-order valence-electron chi connectivity index (χ2n) is 4.61. The van der Waals surface area contributed by atoms with Gasteiger partial charge in [0, 0.05) is 0 Å². The third kappa shape index (κ3) is 1.58. The molecule has 1 aliphatic carbocycles. The van der Waals surface area contributed by atoms with Crippen LogP contribution in [0.15, 0.2) is 0 Å². The van der Waals surface area contributed by atoms with E-state index in [1.54, 1.807) is 7.05 Å². The van der Waals surface area contributed by atoms with Gasteiger partial charge in [0.15, 0.2) is 0 Å². The molecule has 0 amide bonds. The zero-order valence-corrected chi connectivity index (χ0v) is 8.66. The molecule has 0 bridgehead atoms. The van der Waals surface area contributed by atoms with E-state index < -0.39 is 12.0 Å². The Morgan fingerprint density at radius 2 is 1.69 bits per heavy atom. The summed E-state index contributed by atoms with van der Waals surface area (Å²) in [5.74, 6) is 0. The van der Waals surface area contributed by atoms with Gasteiger partial charge in [-0.05, 0) is 25.3 Å². The maximum Gasteiger partial charge on any atom is 0.256 e. The van der Waals surface area contributed by atoms with Crippen LogP contribution in [0.5, 0.6) is 0 Å². The molecular weight excluding hydrogens is 172 g/mol. The van der Waals surface area contributed by atoms with E-state index in [2.05, 4.69) is 5.32 Å². The van der Waals surface area contributed by atoms with Gasteiger partial charge in [0.25, 0.3) is 6.43 Å². The monoisotopic (exact) mass is 191 g/mol. The van der Waals surface area contributed by atoms with Crippen LogP contribution in [0.4, 0.5) is 8.78 Å². The van der Waals surface area contributed by atoms with E-state index in [9.17, 15) is 8.78 Å². The summed E-state index contributed by atoms with van der Waals surface area (Å²) in [6, 6.07) is 0. The molecule has 1 saturated carbocycles. The van der Waals surface area contributed by atoms with Crippen molar-refractivity contribution in [3.8, 4) is 0 Å². The second kappa shape index (κ2) is 3.52. The molecule has 1 rings (SSSR count). The van der Waals surface area contributed by atoms with E-state index in [-0.39, 0.29) is 5.41 Å². The molecule has 0 heterocycles. The quantitative estimate of drug-likeness (QED) is 0.707. The minimum absolute atomic E-state index is 0.297. The summed E-state index contributed by atoms with van der Waals surface area (Å²) < 4.78 is 26.0. The van der Waals surface area contributed by atoms with Crippen LogP contribution in [0.2, 0.25) is 0 Å². The molecule has 78 valence electrons. The fourth-order valence-corrected chi connectivity index (χ4v) is 2.51. The lowest BCUT2D eigenvalue weighted by atomic mass is 9.63. The Balaban J connectivity index is 2.93. The molecule has 0 spiro atoms. The third-order valence-corrected chi connectivity index (χ3v) is 3.65. The zero-order valence-electron chi connectivity index (χ0n) is 8.66. The highest BCUT2D eigenvalue weighted by Gasteiger charge is 2.51. The molecule has 0 aliphatic heterocycles. The number of nitrogens with one attached hydrogen (secondary N) is 1. The van der Waals surface area contributed by atoms with Gasteiger partial charge in [-0.25, -0.2) is 8.78 Å². The van der Waals surface area contributed by atoms with Crippen LogP contribution in [-0.2, 0) is 0 Å². The highest BCUT2D eigenvalue weighted by Crippen LogP contribution is 2.46. The first-order valence-corrected chi connectivity index (χ1v) is 4.93. The molecular formula is C10H19F2N. The maximum absolute atomic E-state index is 13.0. The number of hydrogen-bond acceptors (Lipinski definition) is 1. The Morgan fingerprint density at radius 3 is 2.00 bits per heavy atom. The highest BCUT2D eigenvalue weighted by atomic mass is 19.3. The Labute approximate surface area is 78.9 Å². The molecule has 0 radical (unpaired) electrons. The lowest BCUT2D eigenvalue weighted by molar-refractivity contribution is -0.0637. The van der Waals surface area contributed by atoms with E-state index in [1.165, 1.54) is 0 Å². The first-order valence-electron chi connectivity index (χ1n) is 4.93. The van der Waals surface area contributed by atoms with Crippen LogP contribution in [0.3, 0.4) is 0 Å². The van der Waals surface area contributed by atoms with E-state index in [0.717, 1.165) is 19.3 Å². The second-order valence-corrected chi connectivity index (χ2v) is 4.61. The third-order valence-electron chi connectivity index (χ3n) is 3.65. The molecule has 1 nitrogen and oxygen atoms in total. The van der Waals surface area contributed by atoms with Gasteiger partial charge in [-0.2, -0.15) is 0 Å². The lowest BCUT2D eigenvalue weighted by Gasteiger charge is -2.49. The van der Waals surface area contributed by atoms with Gasteiger partial charge in [-0.1, -0.05) is 26.7 Å². The minimum Gasteiger partial charge on any atom is -0.309 e. The number of hydrogen-bond donors (Lipinski definition) is 1. The predicted molar refractivity (Wildman–Crippen MR) is 50.0 cm³/mol. The first-order chi connectivity index (χ1) is 5.96.